The van der Waals surface area contributed by atoms with Crippen LogP contribution in [0.2, 0.25) is 0 Å². The average molecular weight is 218 g/mol. The fraction of sp³-hybridized carbons (Fsp3) is 0.385. The minimum atomic E-state index is -0.551. The van der Waals surface area contributed by atoms with Crippen molar-refractivity contribution in [3.8, 4) is 0 Å². The first-order chi connectivity index (χ1) is 7.53. The molecule has 1 heterocycles. The zero-order chi connectivity index (χ0) is 11.8. The Morgan fingerprint density at radius 3 is 2.75 bits per heavy atom. The molecule has 0 radical (unpaired) electrons. The summed E-state index contributed by atoms with van der Waals surface area (Å²) >= 11 is 0. The first kappa shape index (κ1) is 11.2. The predicted molar refractivity (Wildman–Crippen MR) is 66.3 cm³/mol. The number of rotatable bonds is 3. The highest BCUT2D eigenvalue weighted by atomic mass is 16.3. The van der Waals surface area contributed by atoms with Crippen LogP contribution in [0.3, 0.4) is 0 Å². The molecule has 0 spiro atoms. The van der Waals surface area contributed by atoms with E-state index in [0.717, 1.165) is 0 Å². The number of aliphatic hydroxyl groups is 1. The molecule has 0 saturated heterocycles. The SMILES string of the molecule is Cn1cc(CC(C)(N)CO)c2ccccc21. The Morgan fingerprint density at radius 1 is 1.38 bits per heavy atom. The molecule has 0 aliphatic rings. The van der Waals surface area contributed by atoms with E-state index in [4.69, 9.17) is 5.73 Å². The highest BCUT2D eigenvalue weighted by Gasteiger charge is 2.20. The van der Waals surface area contributed by atoms with Crippen molar-refractivity contribution in [3.63, 3.8) is 0 Å². The lowest BCUT2D eigenvalue weighted by atomic mass is 9.95. The topological polar surface area (TPSA) is 51.2 Å². The molecule has 0 aliphatic carbocycles. The number of fused-ring (bicyclic) bond motifs is 1. The van der Waals surface area contributed by atoms with E-state index in [0.29, 0.717) is 6.42 Å². The summed E-state index contributed by atoms with van der Waals surface area (Å²) in [6.45, 7) is 1.87. The Balaban J connectivity index is 2.46. The number of hydrogen-bond donors (Lipinski definition) is 2. The lowest BCUT2D eigenvalue weighted by Gasteiger charge is -2.20. The van der Waals surface area contributed by atoms with Crippen LogP contribution in [0.15, 0.2) is 30.5 Å². The number of aliphatic hydroxyl groups excluding tert-OH is 1. The van der Waals surface area contributed by atoms with Gasteiger partial charge in [-0.1, -0.05) is 18.2 Å². The summed E-state index contributed by atoms with van der Waals surface area (Å²) in [5, 5.41) is 10.4. The van der Waals surface area contributed by atoms with Gasteiger partial charge < -0.3 is 15.4 Å². The fourth-order valence-corrected chi connectivity index (χ4v) is 2.06. The molecule has 0 aliphatic heterocycles. The molecule has 0 amide bonds. The second-order valence-corrected chi connectivity index (χ2v) is 4.77. The molecule has 2 aromatic rings. The van der Waals surface area contributed by atoms with Gasteiger partial charge in [-0.2, -0.15) is 0 Å². The van der Waals surface area contributed by atoms with Crippen LogP contribution in [0, 0.1) is 0 Å². The summed E-state index contributed by atoms with van der Waals surface area (Å²) < 4.78 is 2.10. The van der Waals surface area contributed by atoms with E-state index in [9.17, 15) is 5.11 Å². The smallest absolute Gasteiger partial charge is 0.0611 e. The van der Waals surface area contributed by atoms with Crippen LogP contribution < -0.4 is 5.73 Å². The quantitative estimate of drug-likeness (QED) is 0.819. The minimum absolute atomic E-state index is 0.00375. The average Bonchev–Trinajstić information content (AvgIpc) is 2.56. The van der Waals surface area contributed by atoms with Crippen molar-refractivity contribution in [1.29, 1.82) is 0 Å². The third-order valence-electron chi connectivity index (χ3n) is 2.93. The largest absolute Gasteiger partial charge is 0.394 e. The maximum atomic E-state index is 9.20. The van der Waals surface area contributed by atoms with Crippen LogP contribution in [-0.4, -0.2) is 21.8 Å². The van der Waals surface area contributed by atoms with Crippen LogP contribution in [0.5, 0.6) is 0 Å². The monoisotopic (exact) mass is 218 g/mol. The molecule has 86 valence electrons. The molecule has 1 unspecified atom stereocenters. The number of aryl methyl sites for hydroxylation is 1. The Morgan fingerprint density at radius 2 is 2.06 bits per heavy atom. The normalized spacial score (nSPS) is 15.2. The minimum Gasteiger partial charge on any atom is -0.394 e. The van der Waals surface area contributed by atoms with Gasteiger partial charge in [-0.3, -0.25) is 0 Å². The zero-order valence-electron chi connectivity index (χ0n) is 9.77. The molecule has 0 bridgehead atoms. The number of nitrogens with zero attached hydrogens (tertiary/aromatic N) is 1. The summed E-state index contributed by atoms with van der Waals surface area (Å²) in [4.78, 5) is 0. The molecule has 3 heteroatoms. The van der Waals surface area contributed by atoms with Gasteiger partial charge in [0.1, 0.15) is 0 Å². The molecule has 16 heavy (non-hydrogen) atoms. The Hall–Kier alpha value is -1.32. The molecular formula is C13H18N2O. The van der Waals surface area contributed by atoms with Crippen molar-refractivity contribution < 1.29 is 5.11 Å². The maximum absolute atomic E-state index is 9.20. The van der Waals surface area contributed by atoms with Crippen molar-refractivity contribution in [2.45, 2.75) is 18.9 Å². The van der Waals surface area contributed by atoms with Gasteiger partial charge in [-0.15, -0.1) is 0 Å². The summed E-state index contributed by atoms with van der Waals surface area (Å²) in [7, 11) is 2.03. The number of nitrogens with two attached hydrogens (primary N) is 1. The van der Waals surface area contributed by atoms with E-state index in [1.54, 1.807) is 0 Å². The van der Waals surface area contributed by atoms with Crippen LogP contribution in [-0.2, 0) is 13.5 Å². The number of para-hydroxylation sites is 1. The second kappa shape index (κ2) is 3.92. The molecular weight excluding hydrogens is 200 g/mol. The van der Waals surface area contributed by atoms with E-state index < -0.39 is 5.54 Å². The van der Waals surface area contributed by atoms with Gasteiger partial charge in [0.15, 0.2) is 0 Å². The summed E-state index contributed by atoms with van der Waals surface area (Å²) in [5.41, 5.74) is 7.83. The van der Waals surface area contributed by atoms with Gasteiger partial charge in [0, 0.05) is 29.7 Å². The lowest BCUT2D eigenvalue weighted by Crippen LogP contribution is -2.42. The van der Waals surface area contributed by atoms with Crippen molar-refractivity contribution in [3.05, 3.63) is 36.0 Å². The molecule has 2 rings (SSSR count). The maximum Gasteiger partial charge on any atom is 0.0611 e. The summed E-state index contributed by atoms with van der Waals surface area (Å²) in [5.74, 6) is 0. The van der Waals surface area contributed by atoms with Crippen molar-refractivity contribution in [1.82, 2.24) is 4.57 Å². The molecule has 1 aromatic heterocycles. The predicted octanol–water partition coefficient (Wildman–Crippen LogP) is 1.43. The number of aromatic nitrogens is 1. The highest BCUT2D eigenvalue weighted by Crippen LogP contribution is 2.23. The molecule has 1 aromatic carbocycles. The number of hydrogen-bond acceptors (Lipinski definition) is 2. The molecule has 3 N–H and O–H groups in total. The van der Waals surface area contributed by atoms with Gasteiger partial charge in [0.25, 0.3) is 0 Å². The van der Waals surface area contributed by atoms with Gasteiger partial charge in [0.05, 0.1) is 6.61 Å². The Bertz CT molecular complexity index is 500. The van der Waals surface area contributed by atoms with Crippen LogP contribution >= 0.6 is 0 Å². The van der Waals surface area contributed by atoms with Crippen molar-refractivity contribution >= 4 is 10.9 Å². The van der Waals surface area contributed by atoms with E-state index in [1.165, 1.54) is 16.5 Å². The first-order valence-corrected chi connectivity index (χ1v) is 5.46. The zero-order valence-corrected chi connectivity index (χ0v) is 9.77. The van der Waals surface area contributed by atoms with E-state index in [2.05, 4.69) is 22.9 Å². The van der Waals surface area contributed by atoms with Crippen molar-refractivity contribution in [2.24, 2.45) is 12.8 Å². The van der Waals surface area contributed by atoms with E-state index in [-0.39, 0.29) is 6.61 Å². The molecule has 0 fully saturated rings. The standard InChI is InChI=1S/C13H18N2O/c1-13(14,9-16)7-10-8-15(2)12-6-4-3-5-11(10)12/h3-6,8,16H,7,9,14H2,1-2H3. The lowest BCUT2D eigenvalue weighted by molar-refractivity contribution is 0.208. The van der Waals surface area contributed by atoms with E-state index >= 15 is 0 Å². The third kappa shape index (κ3) is 1.96. The van der Waals surface area contributed by atoms with Crippen LogP contribution in [0.25, 0.3) is 10.9 Å². The number of benzene rings is 1. The van der Waals surface area contributed by atoms with E-state index in [1.807, 2.05) is 26.1 Å². The summed E-state index contributed by atoms with van der Waals surface area (Å²) in [6, 6.07) is 8.24. The Labute approximate surface area is 95.5 Å². The third-order valence-corrected chi connectivity index (χ3v) is 2.93. The van der Waals surface area contributed by atoms with Gasteiger partial charge in [-0.05, 0) is 25.0 Å². The fourth-order valence-electron chi connectivity index (χ4n) is 2.06. The van der Waals surface area contributed by atoms with Crippen LogP contribution in [0.1, 0.15) is 12.5 Å². The van der Waals surface area contributed by atoms with Gasteiger partial charge in [0.2, 0.25) is 0 Å². The Kier molecular flexibility index (Phi) is 2.74. The molecule has 3 nitrogen and oxygen atoms in total. The second-order valence-electron chi connectivity index (χ2n) is 4.77. The molecule has 1 atom stereocenters. The van der Waals surface area contributed by atoms with Gasteiger partial charge >= 0.3 is 0 Å². The van der Waals surface area contributed by atoms with Crippen LogP contribution in [0.4, 0.5) is 0 Å². The first-order valence-electron chi connectivity index (χ1n) is 5.46. The van der Waals surface area contributed by atoms with Crippen molar-refractivity contribution in [2.75, 3.05) is 6.61 Å². The van der Waals surface area contributed by atoms with Gasteiger partial charge in [-0.25, -0.2) is 0 Å². The molecule has 0 saturated carbocycles. The summed E-state index contributed by atoms with van der Waals surface area (Å²) in [6.07, 6.45) is 2.77. The highest BCUT2D eigenvalue weighted by molar-refractivity contribution is 5.84.